The summed E-state index contributed by atoms with van der Waals surface area (Å²) in [6.45, 7) is 4.79. The molecule has 0 saturated carbocycles. The molecule has 6 heteroatoms. The molecule has 1 saturated heterocycles. The first kappa shape index (κ1) is 18.4. The summed E-state index contributed by atoms with van der Waals surface area (Å²) in [4.78, 5) is 27.3. The zero-order valence-corrected chi connectivity index (χ0v) is 14.6. The maximum atomic E-state index is 12.3. The van der Waals surface area contributed by atoms with Gasteiger partial charge in [0.15, 0.2) is 0 Å². The van der Waals surface area contributed by atoms with Crippen LogP contribution in [-0.2, 0) is 16.1 Å². The number of hydrogen-bond donors (Lipinski definition) is 2. The standard InChI is InChI=1S/C18H28N4O2/c1-14(21(2)13-17(19)23)18(24)20-16-8-10-22(11-9-16)12-15-6-4-3-5-7-15/h3-7,14,16H,8-13H2,1-2H3,(H2,19,23)(H,20,24)/t14-/m0/s1. The fourth-order valence-corrected chi connectivity index (χ4v) is 2.98. The van der Waals surface area contributed by atoms with Gasteiger partial charge in [-0.3, -0.25) is 19.4 Å². The summed E-state index contributed by atoms with van der Waals surface area (Å²) in [6, 6.07) is 10.3. The van der Waals surface area contributed by atoms with Crippen molar-refractivity contribution in [1.29, 1.82) is 0 Å². The first-order valence-electron chi connectivity index (χ1n) is 8.51. The van der Waals surface area contributed by atoms with Gasteiger partial charge in [0.1, 0.15) is 0 Å². The fourth-order valence-electron chi connectivity index (χ4n) is 2.98. The van der Waals surface area contributed by atoms with Crippen LogP contribution in [0.4, 0.5) is 0 Å². The van der Waals surface area contributed by atoms with Crippen molar-refractivity contribution < 1.29 is 9.59 Å². The number of nitrogens with one attached hydrogen (secondary N) is 1. The summed E-state index contributed by atoms with van der Waals surface area (Å²) in [7, 11) is 1.73. The van der Waals surface area contributed by atoms with Crippen LogP contribution in [0.5, 0.6) is 0 Å². The fraction of sp³-hybridized carbons (Fsp3) is 0.556. The van der Waals surface area contributed by atoms with Crippen LogP contribution in [-0.4, -0.2) is 60.4 Å². The summed E-state index contributed by atoms with van der Waals surface area (Å²) in [6.07, 6.45) is 1.90. The second kappa shape index (κ2) is 8.80. The second-order valence-electron chi connectivity index (χ2n) is 6.60. The molecular formula is C18H28N4O2. The van der Waals surface area contributed by atoms with Gasteiger partial charge in [0.05, 0.1) is 12.6 Å². The van der Waals surface area contributed by atoms with Gasteiger partial charge < -0.3 is 11.1 Å². The molecule has 0 bridgehead atoms. The van der Waals surface area contributed by atoms with Crippen molar-refractivity contribution >= 4 is 11.8 Å². The number of rotatable bonds is 7. The Morgan fingerprint density at radius 2 is 1.92 bits per heavy atom. The van der Waals surface area contributed by atoms with E-state index in [0.717, 1.165) is 32.5 Å². The van der Waals surface area contributed by atoms with Gasteiger partial charge in [-0.05, 0) is 32.4 Å². The molecule has 24 heavy (non-hydrogen) atoms. The largest absolute Gasteiger partial charge is 0.369 e. The topological polar surface area (TPSA) is 78.7 Å². The monoisotopic (exact) mass is 332 g/mol. The predicted molar refractivity (Wildman–Crippen MR) is 94.2 cm³/mol. The Balaban J connectivity index is 1.74. The number of likely N-dealkylation sites (tertiary alicyclic amines) is 1. The molecule has 0 unspecified atom stereocenters. The molecule has 3 N–H and O–H groups in total. The normalized spacial score (nSPS) is 17.6. The van der Waals surface area contributed by atoms with Crippen LogP contribution >= 0.6 is 0 Å². The first-order valence-corrected chi connectivity index (χ1v) is 8.51. The molecule has 1 aliphatic heterocycles. The van der Waals surface area contributed by atoms with E-state index in [0.29, 0.717) is 0 Å². The molecule has 2 amide bonds. The molecule has 1 aliphatic rings. The van der Waals surface area contributed by atoms with Gasteiger partial charge >= 0.3 is 0 Å². The van der Waals surface area contributed by atoms with Gasteiger partial charge in [-0.25, -0.2) is 0 Å². The van der Waals surface area contributed by atoms with Crippen LogP contribution < -0.4 is 11.1 Å². The number of likely N-dealkylation sites (N-methyl/N-ethyl adjacent to an activating group) is 1. The van der Waals surface area contributed by atoms with E-state index < -0.39 is 5.91 Å². The lowest BCUT2D eigenvalue weighted by molar-refractivity contribution is -0.127. The number of nitrogens with two attached hydrogens (primary N) is 1. The minimum Gasteiger partial charge on any atom is -0.369 e. The van der Waals surface area contributed by atoms with Crippen LogP contribution in [0.25, 0.3) is 0 Å². The Bertz CT molecular complexity index is 541. The number of hydrogen-bond acceptors (Lipinski definition) is 4. The van der Waals surface area contributed by atoms with Crippen LogP contribution in [0.1, 0.15) is 25.3 Å². The highest BCUT2D eigenvalue weighted by Crippen LogP contribution is 2.14. The lowest BCUT2D eigenvalue weighted by atomic mass is 10.0. The van der Waals surface area contributed by atoms with Gasteiger partial charge in [0.25, 0.3) is 0 Å². The van der Waals surface area contributed by atoms with Crippen molar-refractivity contribution in [2.75, 3.05) is 26.7 Å². The molecule has 1 aromatic rings. The van der Waals surface area contributed by atoms with Gasteiger partial charge in [-0.15, -0.1) is 0 Å². The van der Waals surface area contributed by atoms with Gasteiger partial charge in [0, 0.05) is 25.7 Å². The molecule has 0 aliphatic carbocycles. The lowest BCUT2D eigenvalue weighted by Crippen LogP contribution is -2.51. The van der Waals surface area contributed by atoms with Crippen molar-refractivity contribution in [2.24, 2.45) is 5.73 Å². The van der Waals surface area contributed by atoms with Crippen molar-refractivity contribution in [2.45, 2.75) is 38.4 Å². The molecule has 2 rings (SSSR count). The van der Waals surface area contributed by atoms with E-state index >= 15 is 0 Å². The Labute approximate surface area is 144 Å². The van der Waals surface area contributed by atoms with E-state index in [2.05, 4.69) is 34.5 Å². The molecule has 0 aromatic heterocycles. The van der Waals surface area contributed by atoms with E-state index in [1.165, 1.54) is 5.56 Å². The Morgan fingerprint density at radius 1 is 1.29 bits per heavy atom. The zero-order chi connectivity index (χ0) is 17.5. The predicted octanol–water partition coefficient (Wildman–Crippen LogP) is 0.573. The van der Waals surface area contributed by atoms with E-state index in [4.69, 9.17) is 5.73 Å². The number of carbonyl (C=O) groups excluding carboxylic acids is 2. The maximum absolute atomic E-state index is 12.3. The molecule has 6 nitrogen and oxygen atoms in total. The molecular weight excluding hydrogens is 304 g/mol. The SMILES string of the molecule is C[C@@H](C(=O)NC1CCN(Cc2ccccc2)CC1)N(C)CC(N)=O. The Hall–Kier alpha value is -1.92. The van der Waals surface area contributed by atoms with Gasteiger partial charge in [0.2, 0.25) is 11.8 Å². The molecule has 0 spiro atoms. The summed E-state index contributed by atoms with van der Waals surface area (Å²) >= 11 is 0. The highest BCUT2D eigenvalue weighted by Gasteiger charge is 2.24. The third-order valence-corrected chi connectivity index (χ3v) is 4.63. The van der Waals surface area contributed by atoms with Gasteiger partial charge in [-0.2, -0.15) is 0 Å². The minimum absolute atomic E-state index is 0.0414. The quantitative estimate of drug-likeness (QED) is 0.765. The average Bonchev–Trinajstić information content (AvgIpc) is 2.56. The first-order chi connectivity index (χ1) is 11.5. The van der Waals surface area contributed by atoms with Crippen molar-refractivity contribution in [3.05, 3.63) is 35.9 Å². The van der Waals surface area contributed by atoms with E-state index in [9.17, 15) is 9.59 Å². The molecule has 1 aromatic carbocycles. The van der Waals surface area contributed by atoms with Crippen LogP contribution in [0.3, 0.4) is 0 Å². The molecule has 1 atom stereocenters. The van der Waals surface area contributed by atoms with Crippen molar-refractivity contribution in [3.63, 3.8) is 0 Å². The van der Waals surface area contributed by atoms with E-state index in [1.807, 2.05) is 6.07 Å². The number of benzene rings is 1. The smallest absolute Gasteiger partial charge is 0.237 e. The highest BCUT2D eigenvalue weighted by molar-refractivity contribution is 5.83. The van der Waals surface area contributed by atoms with Crippen molar-refractivity contribution in [1.82, 2.24) is 15.1 Å². The third-order valence-electron chi connectivity index (χ3n) is 4.63. The molecule has 1 fully saturated rings. The van der Waals surface area contributed by atoms with Crippen LogP contribution in [0.2, 0.25) is 0 Å². The van der Waals surface area contributed by atoms with Crippen molar-refractivity contribution in [3.8, 4) is 0 Å². The number of amides is 2. The Morgan fingerprint density at radius 3 is 2.50 bits per heavy atom. The maximum Gasteiger partial charge on any atom is 0.237 e. The summed E-state index contributed by atoms with van der Waals surface area (Å²) in [5, 5.41) is 3.10. The Kier molecular flexibility index (Phi) is 6.75. The molecule has 1 heterocycles. The number of nitrogens with zero attached hydrogens (tertiary/aromatic N) is 2. The third kappa shape index (κ3) is 5.62. The lowest BCUT2D eigenvalue weighted by Gasteiger charge is -2.33. The van der Waals surface area contributed by atoms with E-state index in [-0.39, 0.29) is 24.5 Å². The second-order valence-corrected chi connectivity index (χ2v) is 6.60. The zero-order valence-electron chi connectivity index (χ0n) is 14.6. The van der Waals surface area contributed by atoms with Crippen LogP contribution in [0.15, 0.2) is 30.3 Å². The highest BCUT2D eigenvalue weighted by atomic mass is 16.2. The number of piperidine rings is 1. The molecule has 0 radical (unpaired) electrons. The summed E-state index contributed by atoms with van der Waals surface area (Å²) in [5.74, 6) is -0.466. The van der Waals surface area contributed by atoms with E-state index in [1.54, 1.807) is 18.9 Å². The summed E-state index contributed by atoms with van der Waals surface area (Å²) in [5.41, 5.74) is 6.50. The number of primary amides is 1. The molecule has 132 valence electrons. The van der Waals surface area contributed by atoms with Crippen LogP contribution in [0, 0.1) is 0 Å². The average molecular weight is 332 g/mol. The number of carbonyl (C=O) groups is 2. The summed E-state index contributed by atoms with van der Waals surface area (Å²) < 4.78 is 0. The minimum atomic E-state index is -0.425. The van der Waals surface area contributed by atoms with Gasteiger partial charge in [-0.1, -0.05) is 30.3 Å².